The van der Waals surface area contributed by atoms with Crippen LogP contribution in [0, 0.1) is 0 Å². The number of hydrogen-bond donors (Lipinski definition) is 2. The summed E-state index contributed by atoms with van der Waals surface area (Å²) in [6, 6.07) is 9.54. The van der Waals surface area contributed by atoms with Crippen molar-refractivity contribution >= 4 is 29.4 Å². The summed E-state index contributed by atoms with van der Waals surface area (Å²) in [6.45, 7) is 5.96. The fourth-order valence-corrected chi connectivity index (χ4v) is 5.39. The molecule has 13 nitrogen and oxygen atoms in total. The number of anilines is 3. The molecule has 5 heterocycles. The molecule has 3 aromatic heterocycles. The van der Waals surface area contributed by atoms with E-state index in [0.29, 0.717) is 50.3 Å². The summed E-state index contributed by atoms with van der Waals surface area (Å²) in [6.07, 6.45) is 13.3. The summed E-state index contributed by atoms with van der Waals surface area (Å²) in [5.41, 5.74) is 3.70. The predicted molar refractivity (Wildman–Crippen MR) is 168 cm³/mol. The van der Waals surface area contributed by atoms with Crippen LogP contribution < -0.4 is 15.5 Å². The van der Waals surface area contributed by atoms with Gasteiger partial charge in [-0.3, -0.25) is 9.59 Å². The molecule has 2 aliphatic heterocycles. The van der Waals surface area contributed by atoms with Gasteiger partial charge in [0.25, 0.3) is 5.91 Å². The molecule has 1 saturated heterocycles. The lowest BCUT2D eigenvalue weighted by molar-refractivity contribution is -0.127. The minimum Gasteiger partial charge on any atom is -0.501 e. The van der Waals surface area contributed by atoms with E-state index in [4.69, 9.17) is 4.74 Å². The summed E-state index contributed by atoms with van der Waals surface area (Å²) in [5, 5.41) is 6.25. The molecule has 1 fully saturated rings. The van der Waals surface area contributed by atoms with Gasteiger partial charge in [-0.25, -0.2) is 24.9 Å². The number of rotatable bonds is 10. The minimum absolute atomic E-state index is 0.148. The van der Waals surface area contributed by atoms with E-state index in [0.717, 1.165) is 41.5 Å². The van der Waals surface area contributed by atoms with Crippen molar-refractivity contribution in [3.63, 3.8) is 0 Å². The molecule has 0 atom stereocenters. The molecular weight excluding hydrogens is 572 g/mol. The van der Waals surface area contributed by atoms with Crippen LogP contribution in [-0.4, -0.2) is 72.4 Å². The van der Waals surface area contributed by atoms with E-state index >= 15 is 0 Å². The second-order valence-corrected chi connectivity index (χ2v) is 10.8. The maximum absolute atomic E-state index is 13.1. The monoisotopic (exact) mass is 608 g/mol. The summed E-state index contributed by atoms with van der Waals surface area (Å²) in [5.74, 6) is 1.49. The van der Waals surface area contributed by atoms with E-state index in [2.05, 4.69) is 40.5 Å². The molecule has 13 heteroatoms. The smallest absolute Gasteiger partial charge is 0.269 e. The van der Waals surface area contributed by atoms with Crippen LogP contribution in [-0.2, 0) is 29.2 Å². The number of nitrogens with zero attached hydrogens (tertiary/aromatic N) is 8. The number of hydrogen-bond acceptors (Lipinski definition) is 10. The molecule has 4 aromatic rings. The Bertz CT molecular complexity index is 1660. The summed E-state index contributed by atoms with van der Waals surface area (Å²) in [7, 11) is 0. The Morgan fingerprint density at radius 1 is 0.978 bits per heavy atom. The van der Waals surface area contributed by atoms with E-state index in [1.165, 1.54) is 31.6 Å². The lowest BCUT2D eigenvalue weighted by atomic mass is 10.1. The van der Waals surface area contributed by atoms with Gasteiger partial charge >= 0.3 is 0 Å². The third-order valence-electron chi connectivity index (χ3n) is 7.75. The van der Waals surface area contributed by atoms with Gasteiger partial charge in [0.05, 0.1) is 31.3 Å². The number of benzene rings is 1. The van der Waals surface area contributed by atoms with Crippen molar-refractivity contribution in [3.05, 3.63) is 84.5 Å². The van der Waals surface area contributed by atoms with Crippen LogP contribution >= 0.6 is 0 Å². The first-order valence-electron chi connectivity index (χ1n) is 15.2. The zero-order chi connectivity index (χ0) is 31.0. The second kappa shape index (κ2) is 14.0. The van der Waals surface area contributed by atoms with E-state index in [9.17, 15) is 9.59 Å². The zero-order valence-corrected chi connectivity index (χ0v) is 25.2. The van der Waals surface area contributed by atoms with Gasteiger partial charge in [0.2, 0.25) is 17.8 Å². The van der Waals surface area contributed by atoms with Gasteiger partial charge in [-0.2, -0.15) is 0 Å². The second-order valence-electron chi connectivity index (χ2n) is 10.8. The first kappa shape index (κ1) is 29.7. The number of fused-ring (bicyclic) bond motifs is 1. The molecule has 2 amide bonds. The number of carbonyl (C=O) groups excluding carboxylic acids is 2. The van der Waals surface area contributed by atoms with Crippen molar-refractivity contribution in [3.8, 4) is 11.3 Å². The van der Waals surface area contributed by atoms with Crippen LogP contribution in [0.1, 0.15) is 48.1 Å². The number of piperidine rings is 1. The molecule has 2 N–H and O–H groups in total. The summed E-state index contributed by atoms with van der Waals surface area (Å²) in [4.78, 5) is 52.0. The average molecular weight is 609 g/mol. The standard InChI is InChI=1S/C32H36N10O3/c1-2-45-16-10-29(43)41-14-15-42-27(21-34-28(42)22-41)30(44)35-18-23-7-6-8-25(17-23)38-31-33-11-9-26(39-31)24-19-36-32(37-20-24)40-12-4-3-5-13-40/h6-11,16-17,19-21H,2-5,12-15,18,22H2,1H3,(H,35,44)(H,33,38,39)/b16-10+. The third kappa shape index (κ3) is 7.25. The van der Waals surface area contributed by atoms with Crippen LogP contribution in [0.15, 0.2) is 67.5 Å². The average Bonchev–Trinajstić information content (AvgIpc) is 3.52. The van der Waals surface area contributed by atoms with Gasteiger partial charge in [-0.15, -0.1) is 0 Å². The van der Waals surface area contributed by atoms with Gasteiger partial charge in [0, 0.05) is 68.6 Å². The lowest BCUT2D eigenvalue weighted by Gasteiger charge is -2.27. The molecular formula is C32H36N10O3. The van der Waals surface area contributed by atoms with Crippen LogP contribution in [0.3, 0.4) is 0 Å². The van der Waals surface area contributed by atoms with Crippen LogP contribution in [0.2, 0.25) is 0 Å². The van der Waals surface area contributed by atoms with E-state index < -0.39 is 0 Å². The number of ether oxygens (including phenoxy) is 1. The Kier molecular flexibility index (Phi) is 9.23. The largest absolute Gasteiger partial charge is 0.501 e. The molecule has 45 heavy (non-hydrogen) atoms. The van der Waals surface area contributed by atoms with E-state index in [1.807, 2.05) is 41.8 Å². The van der Waals surface area contributed by atoms with Gasteiger partial charge < -0.3 is 29.7 Å². The van der Waals surface area contributed by atoms with Crippen LogP contribution in [0.4, 0.5) is 17.6 Å². The maximum atomic E-state index is 13.1. The van der Waals surface area contributed by atoms with Crippen molar-refractivity contribution in [1.29, 1.82) is 0 Å². The third-order valence-corrected chi connectivity index (χ3v) is 7.75. The lowest BCUT2D eigenvalue weighted by Crippen LogP contribution is -2.39. The summed E-state index contributed by atoms with van der Waals surface area (Å²) < 4.78 is 6.98. The Hall–Kier alpha value is -5.33. The van der Waals surface area contributed by atoms with Crippen LogP contribution in [0.25, 0.3) is 11.3 Å². The molecule has 1 aromatic carbocycles. The number of amides is 2. The molecule has 0 radical (unpaired) electrons. The topological polar surface area (TPSA) is 143 Å². The van der Waals surface area contributed by atoms with Gasteiger partial charge in [0.15, 0.2) is 0 Å². The van der Waals surface area contributed by atoms with E-state index in [-0.39, 0.29) is 11.8 Å². The van der Waals surface area contributed by atoms with Crippen LogP contribution in [0.5, 0.6) is 0 Å². The fourth-order valence-electron chi connectivity index (χ4n) is 5.39. The summed E-state index contributed by atoms with van der Waals surface area (Å²) >= 11 is 0. The Balaban J connectivity index is 1.05. The quantitative estimate of drug-likeness (QED) is 0.202. The Morgan fingerprint density at radius 2 is 1.82 bits per heavy atom. The molecule has 0 saturated carbocycles. The number of nitrogens with one attached hydrogen (secondary N) is 2. The molecule has 2 aliphatic rings. The minimum atomic E-state index is -0.229. The van der Waals surface area contributed by atoms with Crippen molar-refractivity contribution in [2.45, 2.75) is 45.8 Å². The molecule has 0 unspecified atom stereocenters. The van der Waals surface area contributed by atoms with Crippen molar-refractivity contribution in [2.75, 3.05) is 36.5 Å². The zero-order valence-electron chi connectivity index (χ0n) is 25.2. The van der Waals surface area contributed by atoms with Crippen molar-refractivity contribution < 1.29 is 14.3 Å². The SMILES string of the molecule is CCO/C=C/C(=O)N1CCn2c(C(=O)NCc3cccc(Nc4nccc(-c5cnc(N6CCCCC6)nc5)n4)c3)cnc2C1. The molecule has 232 valence electrons. The highest BCUT2D eigenvalue weighted by Crippen LogP contribution is 2.22. The normalized spacial score (nSPS) is 14.7. The number of aromatic nitrogens is 6. The number of imidazole rings is 1. The van der Waals surface area contributed by atoms with Gasteiger partial charge in [0.1, 0.15) is 11.5 Å². The maximum Gasteiger partial charge on any atom is 0.269 e. The van der Waals surface area contributed by atoms with Crippen molar-refractivity contribution in [2.24, 2.45) is 0 Å². The van der Waals surface area contributed by atoms with Gasteiger partial charge in [-0.05, 0) is 49.9 Å². The van der Waals surface area contributed by atoms with E-state index in [1.54, 1.807) is 29.7 Å². The fraction of sp³-hybridized carbons (Fsp3) is 0.344. The Morgan fingerprint density at radius 3 is 2.64 bits per heavy atom. The Labute approximate surface area is 261 Å². The first-order valence-corrected chi connectivity index (χ1v) is 15.2. The predicted octanol–water partition coefficient (Wildman–Crippen LogP) is 3.69. The number of carbonyl (C=O) groups is 2. The molecule has 0 bridgehead atoms. The van der Waals surface area contributed by atoms with Crippen molar-refractivity contribution in [1.82, 2.24) is 39.7 Å². The van der Waals surface area contributed by atoms with Gasteiger partial charge in [-0.1, -0.05) is 12.1 Å². The first-order chi connectivity index (χ1) is 22.1. The molecule has 0 aliphatic carbocycles. The highest BCUT2D eigenvalue weighted by molar-refractivity contribution is 5.92. The molecule has 0 spiro atoms. The molecule has 6 rings (SSSR count). The highest BCUT2D eigenvalue weighted by Gasteiger charge is 2.24. The highest BCUT2D eigenvalue weighted by atomic mass is 16.5.